The molecule has 6 rings (SSSR count). The maximum absolute atomic E-state index is 15.2. The van der Waals surface area contributed by atoms with Crippen molar-refractivity contribution in [3.8, 4) is 23.2 Å². The minimum atomic E-state index is -0.659. The highest BCUT2D eigenvalue weighted by Crippen LogP contribution is 2.33. The number of H-pyrrole nitrogens is 1. The van der Waals surface area contributed by atoms with Crippen LogP contribution >= 0.6 is 0 Å². The smallest absolute Gasteiger partial charge is 0.193 e. The van der Waals surface area contributed by atoms with Gasteiger partial charge in [0, 0.05) is 30.4 Å². The van der Waals surface area contributed by atoms with Crippen LogP contribution in [-0.2, 0) is 14.2 Å². The lowest BCUT2D eigenvalue weighted by atomic mass is 10.0. The summed E-state index contributed by atoms with van der Waals surface area (Å²) in [6.07, 6.45) is -1.78. The van der Waals surface area contributed by atoms with Crippen molar-refractivity contribution in [2.24, 2.45) is 0 Å². The number of morpholine rings is 1. The zero-order chi connectivity index (χ0) is 23.2. The molecule has 0 amide bonds. The van der Waals surface area contributed by atoms with Gasteiger partial charge in [0.2, 0.25) is 0 Å². The fraction of sp³-hybridized carbons (Fsp3) is 0.417. The number of anilines is 1. The SMILES string of the molecule is N#Cc1cc2[nH]c(OC3COC4C(O)CO[C@H]34)cc2nc1-c1ccc(N2CCOCC2)cc1F. The van der Waals surface area contributed by atoms with Gasteiger partial charge in [-0.25, -0.2) is 9.37 Å². The van der Waals surface area contributed by atoms with E-state index in [9.17, 15) is 10.4 Å². The van der Waals surface area contributed by atoms with E-state index < -0.39 is 18.0 Å². The molecule has 4 atom stereocenters. The lowest BCUT2D eigenvalue weighted by Gasteiger charge is -2.29. The third-order valence-corrected chi connectivity index (χ3v) is 6.54. The molecule has 2 aromatic heterocycles. The van der Waals surface area contributed by atoms with Crippen molar-refractivity contribution in [3.05, 3.63) is 41.7 Å². The molecule has 3 aliphatic rings. The summed E-state index contributed by atoms with van der Waals surface area (Å²) >= 11 is 0. The van der Waals surface area contributed by atoms with E-state index in [4.69, 9.17) is 18.9 Å². The zero-order valence-electron chi connectivity index (χ0n) is 18.2. The Morgan fingerprint density at radius 3 is 2.76 bits per heavy atom. The molecule has 3 unspecified atom stereocenters. The highest BCUT2D eigenvalue weighted by Gasteiger charge is 2.48. The van der Waals surface area contributed by atoms with Gasteiger partial charge in [-0.05, 0) is 24.3 Å². The van der Waals surface area contributed by atoms with Gasteiger partial charge in [-0.3, -0.25) is 0 Å². The van der Waals surface area contributed by atoms with E-state index in [0.717, 1.165) is 5.69 Å². The predicted octanol–water partition coefficient (Wildman–Crippen LogP) is 1.98. The number of ether oxygens (including phenoxy) is 4. The van der Waals surface area contributed by atoms with Gasteiger partial charge in [-0.2, -0.15) is 5.26 Å². The molecular weight excluding hydrogens is 443 g/mol. The van der Waals surface area contributed by atoms with Crippen LogP contribution in [0.3, 0.4) is 0 Å². The second kappa shape index (κ2) is 8.52. The first-order valence-electron chi connectivity index (χ1n) is 11.2. The number of benzene rings is 1. The number of aromatic nitrogens is 2. The van der Waals surface area contributed by atoms with Crippen LogP contribution in [0.15, 0.2) is 30.3 Å². The lowest BCUT2D eigenvalue weighted by Crippen LogP contribution is -2.36. The monoisotopic (exact) mass is 466 g/mol. The topological polar surface area (TPSA) is 113 Å². The number of nitriles is 1. The first-order chi connectivity index (χ1) is 16.6. The fourth-order valence-corrected chi connectivity index (χ4v) is 4.81. The number of rotatable bonds is 4. The number of nitrogens with zero attached hydrogens (tertiary/aromatic N) is 3. The van der Waals surface area contributed by atoms with Crippen LogP contribution in [0, 0.1) is 17.1 Å². The predicted molar refractivity (Wildman–Crippen MR) is 119 cm³/mol. The number of aromatic amines is 1. The van der Waals surface area contributed by atoms with Gasteiger partial charge in [0.05, 0.1) is 48.7 Å². The molecule has 176 valence electrons. The molecule has 0 bridgehead atoms. The van der Waals surface area contributed by atoms with E-state index in [1.165, 1.54) is 6.07 Å². The lowest BCUT2D eigenvalue weighted by molar-refractivity contribution is 0.00794. The molecule has 10 heteroatoms. The molecular formula is C24H23FN4O5. The number of aliphatic hydroxyl groups excluding tert-OH is 1. The normalized spacial score (nSPS) is 26.6. The van der Waals surface area contributed by atoms with Gasteiger partial charge >= 0.3 is 0 Å². The summed E-state index contributed by atoms with van der Waals surface area (Å²) in [5.41, 5.74) is 2.72. The Hall–Kier alpha value is -3.23. The number of hydrogen-bond acceptors (Lipinski definition) is 8. The molecule has 3 aromatic rings. The number of hydrogen-bond donors (Lipinski definition) is 2. The molecule has 0 saturated carbocycles. The molecule has 34 heavy (non-hydrogen) atoms. The molecule has 2 N–H and O–H groups in total. The van der Waals surface area contributed by atoms with Crippen molar-refractivity contribution in [1.29, 1.82) is 5.26 Å². The molecule has 3 saturated heterocycles. The van der Waals surface area contributed by atoms with Gasteiger partial charge in [0.1, 0.15) is 30.2 Å². The number of fused-ring (bicyclic) bond motifs is 2. The van der Waals surface area contributed by atoms with Crippen molar-refractivity contribution >= 4 is 16.7 Å². The Kier molecular flexibility index (Phi) is 5.34. The zero-order valence-corrected chi connectivity index (χ0v) is 18.2. The second-order valence-corrected chi connectivity index (χ2v) is 8.65. The van der Waals surface area contributed by atoms with Gasteiger partial charge in [-0.1, -0.05) is 0 Å². The van der Waals surface area contributed by atoms with Crippen LogP contribution in [0.1, 0.15) is 5.56 Å². The number of nitrogens with one attached hydrogen (secondary N) is 1. The van der Waals surface area contributed by atoms with Crippen molar-refractivity contribution < 1.29 is 28.4 Å². The third kappa shape index (κ3) is 3.67. The fourth-order valence-electron chi connectivity index (χ4n) is 4.81. The van der Waals surface area contributed by atoms with Crippen LogP contribution in [0.25, 0.3) is 22.3 Å². The maximum atomic E-state index is 15.2. The largest absolute Gasteiger partial charge is 0.470 e. The second-order valence-electron chi connectivity index (χ2n) is 8.65. The first-order valence-corrected chi connectivity index (χ1v) is 11.2. The van der Waals surface area contributed by atoms with Crippen molar-refractivity contribution in [2.75, 3.05) is 44.4 Å². The third-order valence-electron chi connectivity index (χ3n) is 6.54. The maximum Gasteiger partial charge on any atom is 0.193 e. The molecule has 3 fully saturated rings. The molecule has 0 radical (unpaired) electrons. The Labute approximate surface area is 194 Å². The summed E-state index contributed by atoms with van der Waals surface area (Å²) in [5.74, 6) is -0.00338. The quantitative estimate of drug-likeness (QED) is 0.600. The van der Waals surface area contributed by atoms with Crippen molar-refractivity contribution in [2.45, 2.75) is 24.4 Å². The average Bonchev–Trinajstić information content (AvgIpc) is 3.55. The highest BCUT2D eigenvalue weighted by molar-refractivity contribution is 5.84. The van der Waals surface area contributed by atoms with Crippen molar-refractivity contribution in [1.82, 2.24) is 9.97 Å². The van der Waals surface area contributed by atoms with Crippen LogP contribution in [0.2, 0.25) is 0 Å². The summed E-state index contributed by atoms with van der Waals surface area (Å²) in [4.78, 5) is 9.76. The van der Waals surface area contributed by atoms with Gasteiger partial charge in [0.25, 0.3) is 0 Å². The summed E-state index contributed by atoms with van der Waals surface area (Å²) in [6.45, 7) is 3.14. The molecule has 0 aliphatic carbocycles. The van der Waals surface area contributed by atoms with E-state index >= 15 is 4.39 Å². The molecule has 5 heterocycles. The summed E-state index contributed by atoms with van der Waals surface area (Å²) < 4.78 is 37.7. The van der Waals surface area contributed by atoms with E-state index in [2.05, 4.69) is 20.9 Å². The Morgan fingerprint density at radius 2 is 1.97 bits per heavy atom. The van der Waals surface area contributed by atoms with Crippen molar-refractivity contribution in [3.63, 3.8) is 0 Å². The Bertz CT molecular complexity index is 1270. The molecule has 9 nitrogen and oxygen atoms in total. The van der Waals surface area contributed by atoms with Gasteiger partial charge in [0.15, 0.2) is 12.0 Å². The van der Waals surface area contributed by atoms with Crippen LogP contribution in [0.5, 0.6) is 5.88 Å². The van der Waals surface area contributed by atoms with Crippen LogP contribution in [0.4, 0.5) is 10.1 Å². The van der Waals surface area contributed by atoms with E-state index in [0.29, 0.717) is 49.8 Å². The van der Waals surface area contributed by atoms with E-state index in [-0.39, 0.29) is 35.6 Å². The minimum absolute atomic E-state index is 0.216. The average molecular weight is 466 g/mol. The standard InChI is InChI=1S/C24H23FN4O5/c25-16-8-14(29-3-5-31-6-4-29)1-2-15(16)22-13(10-26)7-17-18(28-22)9-21(27-17)34-20-12-33-23-19(30)11-32-24(20)23/h1-2,7-9,19-20,23-24,27,30H,3-6,11-12H2/t19?,20?,23?,24-/m1/s1. The van der Waals surface area contributed by atoms with Gasteiger partial charge in [-0.15, -0.1) is 0 Å². The van der Waals surface area contributed by atoms with E-state index in [1.807, 2.05) is 6.07 Å². The van der Waals surface area contributed by atoms with E-state index in [1.54, 1.807) is 18.2 Å². The van der Waals surface area contributed by atoms with Crippen LogP contribution in [-0.4, -0.2) is 79.0 Å². The molecule has 1 aromatic carbocycles. The number of halogens is 1. The first kappa shape index (κ1) is 21.3. The summed E-state index contributed by atoms with van der Waals surface area (Å²) in [6, 6.07) is 10.5. The highest BCUT2D eigenvalue weighted by atomic mass is 19.1. The van der Waals surface area contributed by atoms with Crippen LogP contribution < -0.4 is 9.64 Å². The molecule has 0 spiro atoms. The van der Waals surface area contributed by atoms with Gasteiger partial charge < -0.3 is 33.9 Å². The molecule has 3 aliphatic heterocycles. The Morgan fingerprint density at radius 1 is 1.15 bits per heavy atom. The summed E-state index contributed by atoms with van der Waals surface area (Å²) in [5, 5.41) is 19.6. The number of aliphatic hydroxyl groups is 1. The Balaban J connectivity index is 1.29. The summed E-state index contributed by atoms with van der Waals surface area (Å²) in [7, 11) is 0. The number of pyridine rings is 1. The minimum Gasteiger partial charge on any atom is -0.470 e.